The van der Waals surface area contributed by atoms with E-state index in [1.807, 2.05) is 14.0 Å². The third-order valence-electron chi connectivity index (χ3n) is 3.08. The van der Waals surface area contributed by atoms with Crippen molar-refractivity contribution in [2.75, 3.05) is 33.3 Å². The smallest absolute Gasteiger partial charge is 0.315 e. The van der Waals surface area contributed by atoms with Gasteiger partial charge in [0.15, 0.2) is 0 Å². The van der Waals surface area contributed by atoms with E-state index in [1.54, 1.807) is 0 Å². The van der Waals surface area contributed by atoms with Crippen molar-refractivity contribution in [3.8, 4) is 0 Å². The summed E-state index contributed by atoms with van der Waals surface area (Å²) in [6, 6.07) is -0.683. The molecule has 1 fully saturated rings. The largest absolute Gasteiger partial charge is 0.481 e. The van der Waals surface area contributed by atoms with Crippen LogP contribution < -0.4 is 10.6 Å². The lowest BCUT2D eigenvalue weighted by Gasteiger charge is -2.30. The number of morpholine rings is 1. The van der Waals surface area contributed by atoms with Crippen molar-refractivity contribution in [1.82, 2.24) is 15.5 Å². The second-order valence-corrected chi connectivity index (χ2v) is 4.81. The van der Waals surface area contributed by atoms with E-state index in [0.29, 0.717) is 19.6 Å². The van der Waals surface area contributed by atoms with Gasteiger partial charge in [0.2, 0.25) is 0 Å². The summed E-state index contributed by atoms with van der Waals surface area (Å²) >= 11 is 0. The number of aliphatic carboxylic acids is 1. The number of amides is 2. The lowest BCUT2D eigenvalue weighted by atomic mass is 10.1. The number of carboxylic acid groups (broad SMARTS) is 1. The highest BCUT2D eigenvalue weighted by Crippen LogP contribution is 2.02. The minimum Gasteiger partial charge on any atom is -0.481 e. The molecule has 3 N–H and O–H groups in total. The molecule has 0 saturated carbocycles. The van der Waals surface area contributed by atoms with Gasteiger partial charge >= 0.3 is 12.0 Å². The standard InChI is InChI=1S/C12H23N3O4/c1-3-9(6-11(16)17)14-12(18)13-7-10-8-15(2)4-5-19-10/h9-10H,3-8H2,1-2H3,(H,16,17)(H2,13,14,18). The van der Waals surface area contributed by atoms with Gasteiger partial charge in [-0.2, -0.15) is 0 Å². The molecule has 2 atom stereocenters. The number of nitrogens with one attached hydrogen (secondary N) is 2. The number of hydrogen-bond donors (Lipinski definition) is 3. The molecule has 0 aromatic carbocycles. The molecule has 0 radical (unpaired) electrons. The Bertz CT molecular complexity index is 311. The normalized spacial score (nSPS) is 21.7. The molecule has 0 aliphatic carbocycles. The first-order valence-electron chi connectivity index (χ1n) is 6.57. The van der Waals surface area contributed by atoms with Crippen LogP contribution in [0.5, 0.6) is 0 Å². The molecule has 0 aromatic heterocycles. The van der Waals surface area contributed by atoms with E-state index in [-0.39, 0.29) is 24.6 Å². The first kappa shape index (κ1) is 15.7. The Balaban J connectivity index is 2.24. The van der Waals surface area contributed by atoms with Crippen LogP contribution >= 0.6 is 0 Å². The lowest BCUT2D eigenvalue weighted by molar-refractivity contribution is -0.137. The summed E-state index contributed by atoms with van der Waals surface area (Å²) in [6.45, 7) is 4.62. The van der Waals surface area contributed by atoms with Gasteiger partial charge in [-0.1, -0.05) is 6.92 Å². The van der Waals surface area contributed by atoms with Gasteiger partial charge in [-0.05, 0) is 13.5 Å². The fourth-order valence-corrected chi connectivity index (χ4v) is 1.94. The summed E-state index contributed by atoms with van der Waals surface area (Å²) < 4.78 is 5.52. The Kier molecular flexibility index (Phi) is 6.58. The van der Waals surface area contributed by atoms with Gasteiger partial charge < -0.3 is 25.4 Å². The fraction of sp³-hybridized carbons (Fsp3) is 0.833. The predicted molar refractivity (Wildman–Crippen MR) is 70.1 cm³/mol. The van der Waals surface area contributed by atoms with Crippen LogP contribution in [0.2, 0.25) is 0 Å². The van der Waals surface area contributed by atoms with Crippen molar-refractivity contribution in [1.29, 1.82) is 0 Å². The first-order valence-corrected chi connectivity index (χ1v) is 6.57. The zero-order valence-corrected chi connectivity index (χ0v) is 11.5. The highest BCUT2D eigenvalue weighted by atomic mass is 16.5. The molecule has 110 valence electrons. The average Bonchev–Trinajstić information content (AvgIpc) is 2.35. The van der Waals surface area contributed by atoms with Gasteiger partial charge in [0.05, 0.1) is 19.1 Å². The van der Waals surface area contributed by atoms with Crippen LogP contribution in [0.3, 0.4) is 0 Å². The van der Waals surface area contributed by atoms with Crippen LogP contribution in [0.1, 0.15) is 19.8 Å². The number of carbonyl (C=O) groups is 2. The third-order valence-corrected chi connectivity index (χ3v) is 3.08. The number of hydrogen-bond acceptors (Lipinski definition) is 4. The zero-order valence-electron chi connectivity index (χ0n) is 11.5. The maximum Gasteiger partial charge on any atom is 0.315 e. The van der Waals surface area contributed by atoms with Crippen molar-refractivity contribution in [2.45, 2.75) is 31.9 Å². The summed E-state index contributed by atoms with van der Waals surface area (Å²) in [5, 5.41) is 14.1. The van der Waals surface area contributed by atoms with E-state index in [0.717, 1.165) is 13.1 Å². The molecule has 7 heteroatoms. The van der Waals surface area contributed by atoms with E-state index in [1.165, 1.54) is 0 Å². The predicted octanol–water partition coefficient (Wildman–Crippen LogP) is -0.130. The number of nitrogens with zero attached hydrogens (tertiary/aromatic N) is 1. The topological polar surface area (TPSA) is 90.9 Å². The van der Waals surface area contributed by atoms with Gasteiger partial charge in [0.1, 0.15) is 0 Å². The molecule has 0 spiro atoms. The third kappa shape index (κ3) is 6.40. The maximum atomic E-state index is 11.6. The van der Waals surface area contributed by atoms with Crippen LogP contribution in [0.15, 0.2) is 0 Å². The average molecular weight is 273 g/mol. The number of likely N-dealkylation sites (N-methyl/N-ethyl adjacent to an activating group) is 1. The summed E-state index contributed by atoms with van der Waals surface area (Å²) in [5.74, 6) is -0.913. The minimum atomic E-state index is -0.913. The highest BCUT2D eigenvalue weighted by molar-refractivity contribution is 5.75. The fourth-order valence-electron chi connectivity index (χ4n) is 1.94. The monoisotopic (exact) mass is 273 g/mol. The Labute approximate surface area is 113 Å². The maximum absolute atomic E-state index is 11.6. The van der Waals surface area contributed by atoms with Crippen LogP contribution in [0.25, 0.3) is 0 Å². The number of carboxylic acids is 1. The molecule has 0 aromatic rings. The zero-order chi connectivity index (χ0) is 14.3. The van der Waals surface area contributed by atoms with Crippen molar-refractivity contribution in [2.24, 2.45) is 0 Å². The molecule has 19 heavy (non-hydrogen) atoms. The van der Waals surface area contributed by atoms with Crippen molar-refractivity contribution in [3.05, 3.63) is 0 Å². The molecule has 1 heterocycles. The SMILES string of the molecule is CCC(CC(=O)O)NC(=O)NCC1CN(C)CCO1. The second-order valence-electron chi connectivity index (χ2n) is 4.81. The highest BCUT2D eigenvalue weighted by Gasteiger charge is 2.19. The van der Waals surface area contributed by atoms with Crippen molar-refractivity contribution < 1.29 is 19.4 Å². The molecule has 1 aliphatic rings. The summed E-state index contributed by atoms with van der Waals surface area (Å²) in [7, 11) is 2.01. The molecule has 7 nitrogen and oxygen atoms in total. The molecule has 1 saturated heterocycles. The number of rotatable bonds is 6. The summed E-state index contributed by atoms with van der Waals surface area (Å²) in [5.41, 5.74) is 0. The molecule has 1 rings (SSSR count). The Hall–Kier alpha value is -1.34. The minimum absolute atomic E-state index is 0.0101. The molecular formula is C12H23N3O4. The Morgan fingerprint density at radius 2 is 2.26 bits per heavy atom. The van der Waals surface area contributed by atoms with Gasteiger partial charge in [-0.25, -0.2) is 4.79 Å². The second kappa shape index (κ2) is 7.96. The number of ether oxygens (including phenoxy) is 1. The van der Waals surface area contributed by atoms with Crippen LogP contribution in [-0.2, 0) is 9.53 Å². The van der Waals surface area contributed by atoms with Crippen LogP contribution in [0.4, 0.5) is 4.79 Å². The van der Waals surface area contributed by atoms with Crippen LogP contribution in [0, 0.1) is 0 Å². The van der Waals surface area contributed by atoms with E-state index < -0.39 is 5.97 Å². The Morgan fingerprint density at radius 1 is 1.53 bits per heavy atom. The van der Waals surface area contributed by atoms with E-state index in [2.05, 4.69) is 15.5 Å². The van der Waals surface area contributed by atoms with E-state index in [9.17, 15) is 9.59 Å². The molecule has 2 amide bonds. The first-order chi connectivity index (χ1) is 9.01. The summed E-state index contributed by atoms with van der Waals surface area (Å²) in [4.78, 5) is 24.4. The molecular weight excluding hydrogens is 250 g/mol. The lowest BCUT2D eigenvalue weighted by Crippen LogP contribution is -2.49. The van der Waals surface area contributed by atoms with Crippen molar-refractivity contribution in [3.63, 3.8) is 0 Å². The number of urea groups is 1. The van der Waals surface area contributed by atoms with Gasteiger partial charge in [0.25, 0.3) is 0 Å². The van der Waals surface area contributed by atoms with E-state index in [4.69, 9.17) is 9.84 Å². The van der Waals surface area contributed by atoms with Crippen LogP contribution in [-0.4, -0.2) is 67.4 Å². The quantitative estimate of drug-likeness (QED) is 0.627. The Morgan fingerprint density at radius 3 is 2.84 bits per heavy atom. The molecule has 0 bridgehead atoms. The number of carbonyl (C=O) groups excluding carboxylic acids is 1. The van der Waals surface area contributed by atoms with Gasteiger partial charge in [0, 0.05) is 25.7 Å². The summed E-state index contributed by atoms with van der Waals surface area (Å²) in [6.07, 6.45) is 0.513. The molecule has 1 aliphatic heterocycles. The van der Waals surface area contributed by atoms with Gasteiger partial charge in [-0.3, -0.25) is 4.79 Å². The van der Waals surface area contributed by atoms with Crippen molar-refractivity contribution >= 4 is 12.0 Å². The van der Waals surface area contributed by atoms with Gasteiger partial charge in [-0.15, -0.1) is 0 Å². The molecule has 2 unspecified atom stereocenters. The van der Waals surface area contributed by atoms with E-state index >= 15 is 0 Å².